The number of methoxy groups -OCH3 is 1. The van der Waals surface area contributed by atoms with Gasteiger partial charge in [-0.1, -0.05) is 47.6 Å². The molecule has 0 aliphatic heterocycles. The van der Waals surface area contributed by atoms with Crippen LogP contribution in [0.2, 0.25) is 5.02 Å². The molecule has 2 heterocycles. The minimum absolute atomic E-state index is 0.132. The Balaban J connectivity index is 1.48. The highest BCUT2D eigenvalue weighted by atomic mass is 35.5. The van der Waals surface area contributed by atoms with Crippen LogP contribution in [0.5, 0.6) is 5.75 Å². The van der Waals surface area contributed by atoms with E-state index in [0.29, 0.717) is 29.0 Å². The molecule has 0 saturated heterocycles. The van der Waals surface area contributed by atoms with Gasteiger partial charge in [-0.05, 0) is 42.8 Å². The van der Waals surface area contributed by atoms with Crippen molar-refractivity contribution in [3.05, 3.63) is 82.8 Å². The van der Waals surface area contributed by atoms with E-state index in [-0.39, 0.29) is 11.7 Å². The maximum Gasteiger partial charge on any atom is 0.230 e. The predicted octanol–water partition coefficient (Wildman–Crippen LogP) is 4.97. The lowest BCUT2D eigenvalue weighted by Crippen LogP contribution is -2.25. The van der Waals surface area contributed by atoms with Crippen molar-refractivity contribution >= 4 is 29.3 Å². The molecule has 2 aromatic heterocycles. The summed E-state index contributed by atoms with van der Waals surface area (Å²) in [5.74, 6) is 2.24. The Hall–Kier alpha value is -3.23. The number of nitrogens with zero attached hydrogens (tertiary/aromatic N) is 3. The lowest BCUT2D eigenvalue weighted by Gasteiger charge is -2.11. The Morgan fingerprint density at radius 1 is 1.18 bits per heavy atom. The van der Waals surface area contributed by atoms with E-state index in [1.807, 2.05) is 47.9 Å². The Morgan fingerprint density at radius 3 is 2.79 bits per heavy atom. The second-order valence-electron chi connectivity index (χ2n) is 7.31. The van der Waals surface area contributed by atoms with Gasteiger partial charge in [-0.2, -0.15) is 0 Å². The van der Waals surface area contributed by atoms with Crippen LogP contribution in [0.25, 0.3) is 11.4 Å². The molecule has 1 N–H and O–H groups in total. The zero-order valence-corrected chi connectivity index (χ0v) is 19.8. The molecule has 4 aromatic rings. The Kier molecular flexibility index (Phi) is 7.36. The topological polar surface area (TPSA) is 82.2 Å². The van der Waals surface area contributed by atoms with Gasteiger partial charge in [0.2, 0.25) is 5.91 Å². The van der Waals surface area contributed by atoms with E-state index in [0.717, 1.165) is 28.3 Å². The number of hydrogen-bond acceptors (Lipinski definition) is 6. The maximum absolute atomic E-state index is 12.6. The van der Waals surface area contributed by atoms with E-state index in [1.54, 1.807) is 31.6 Å². The normalized spacial score (nSPS) is 10.9. The molecular formula is C24H23ClN4O3S. The molecule has 0 bridgehead atoms. The number of ether oxygens (including phenoxy) is 1. The average molecular weight is 483 g/mol. The molecule has 0 unspecified atom stereocenters. The van der Waals surface area contributed by atoms with E-state index in [2.05, 4.69) is 15.5 Å². The van der Waals surface area contributed by atoms with Gasteiger partial charge in [0.1, 0.15) is 11.5 Å². The molecule has 7 nitrogen and oxygen atoms in total. The van der Waals surface area contributed by atoms with Gasteiger partial charge in [-0.25, -0.2) is 0 Å². The van der Waals surface area contributed by atoms with Crippen LogP contribution in [0.4, 0.5) is 0 Å². The van der Waals surface area contributed by atoms with Crippen LogP contribution >= 0.6 is 23.4 Å². The standard InChI is InChI=1S/C24H23ClN4O3S/c1-16-6-3-4-8-20(16)23-27-28-24(29(23)14-19-7-5-11-32-19)33-15-22(30)26-13-17-12-18(25)9-10-21(17)31-2/h3-12H,13-15H2,1-2H3,(H,26,30). The van der Waals surface area contributed by atoms with Gasteiger partial charge < -0.3 is 14.5 Å². The molecule has 0 fully saturated rings. The number of nitrogens with one attached hydrogen (secondary N) is 1. The van der Waals surface area contributed by atoms with Crippen molar-refractivity contribution in [2.24, 2.45) is 0 Å². The van der Waals surface area contributed by atoms with Gasteiger partial charge in [0.15, 0.2) is 11.0 Å². The molecule has 0 aliphatic rings. The summed E-state index contributed by atoms with van der Waals surface area (Å²) in [5.41, 5.74) is 2.89. The lowest BCUT2D eigenvalue weighted by molar-refractivity contribution is -0.118. The van der Waals surface area contributed by atoms with Crippen molar-refractivity contribution in [1.82, 2.24) is 20.1 Å². The fraction of sp³-hybridized carbons (Fsp3) is 0.208. The largest absolute Gasteiger partial charge is 0.496 e. The average Bonchev–Trinajstić information content (AvgIpc) is 3.47. The van der Waals surface area contributed by atoms with E-state index in [9.17, 15) is 4.79 Å². The van der Waals surface area contributed by atoms with Gasteiger partial charge in [0.05, 0.1) is 25.7 Å². The number of amides is 1. The van der Waals surface area contributed by atoms with Crippen molar-refractivity contribution in [3.8, 4) is 17.1 Å². The Morgan fingerprint density at radius 2 is 2.03 bits per heavy atom. The van der Waals surface area contributed by atoms with Gasteiger partial charge in [0.25, 0.3) is 0 Å². The minimum Gasteiger partial charge on any atom is -0.496 e. The molecule has 2 aromatic carbocycles. The number of thioether (sulfide) groups is 1. The summed E-state index contributed by atoms with van der Waals surface area (Å²) in [6.07, 6.45) is 1.64. The van der Waals surface area contributed by atoms with Gasteiger partial charge in [-0.15, -0.1) is 10.2 Å². The number of aryl methyl sites for hydroxylation is 1. The summed E-state index contributed by atoms with van der Waals surface area (Å²) in [7, 11) is 1.59. The Bertz CT molecular complexity index is 1240. The molecule has 1 amide bonds. The molecule has 0 radical (unpaired) electrons. The smallest absolute Gasteiger partial charge is 0.230 e. The van der Waals surface area contributed by atoms with Crippen molar-refractivity contribution in [2.45, 2.75) is 25.2 Å². The van der Waals surface area contributed by atoms with Crippen molar-refractivity contribution < 1.29 is 13.9 Å². The number of hydrogen-bond donors (Lipinski definition) is 1. The van der Waals surface area contributed by atoms with Crippen LogP contribution in [0.1, 0.15) is 16.9 Å². The number of carbonyl (C=O) groups excluding carboxylic acids is 1. The zero-order chi connectivity index (χ0) is 23.2. The highest BCUT2D eigenvalue weighted by Crippen LogP contribution is 2.27. The Labute approximate surface area is 201 Å². The monoisotopic (exact) mass is 482 g/mol. The predicted molar refractivity (Wildman–Crippen MR) is 129 cm³/mol. The maximum atomic E-state index is 12.6. The van der Waals surface area contributed by atoms with Crippen LogP contribution < -0.4 is 10.1 Å². The molecule has 0 atom stereocenters. The minimum atomic E-state index is -0.132. The van der Waals surface area contributed by atoms with E-state index < -0.39 is 0 Å². The second kappa shape index (κ2) is 10.6. The summed E-state index contributed by atoms with van der Waals surface area (Å²) in [5, 5.41) is 12.9. The SMILES string of the molecule is COc1ccc(Cl)cc1CNC(=O)CSc1nnc(-c2ccccc2C)n1Cc1ccco1. The van der Waals surface area contributed by atoms with Crippen LogP contribution in [0.3, 0.4) is 0 Å². The van der Waals surface area contributed by atoms with E-state index in [1.165, 1.54) is 11.8 Å². The number of furan rings is 1. The number of aromatic nitrogens is 3. The molecule has 0 spiro atoms. The molecule has 0 aliphatic carbocycles. The first kappa shape index (κ1) is 22.9. The molecule has 0 saturated carbocycles. The van der Waals surface area contributed by atoms with Crippen LogP contribution in [0.15, 0.2) is 70.4 Å². The van der Waals surface area contributed by atoms with Gasteiger partial charge >= 0.3 is 0 Å². The molecule has 4 rings (SSSR count). The van der Waals surface area contributed by atoms with Gasteiger partial charge in [0, 0.05) is 22.7 Å². The van der Waals surface area contributed by atoms with Crippen molar-refractivity contribution in [3.63, 3.8) is 0 Å². The number of halogens is 1. The fourth-order valence-electron chi connectivity index (χ4n) is 3.38. The summed E-state index contributed by atoms with van der Waals surface area (Å²) >= 11 is 7.40. The summed E-state index contributed by atoms with van der Waals surface area (Å²) < 4.78 is 12.8. The van der Waals surface area contributed by atoms with E-state index in [4.69, 9.17) is 20.8 Å². The van der Waals surface area contributed by atoms with Crippen LogP contribution in [0, 0.1) is 6.92 Å². The third-order valence-electron chi connectivity index (χ3n) is 5.05. The summed E-state index contributed by atoms with van der Waals surface area (Å²) in [6.45, 7) is 2.82. The first-order valence-electron chi connectivity index (χ1n) is 10.3. The second-order valence-corrected chi connectivity index (χ2v) is 8.69. The van der Waals surface area contributed by atoms with Crippen LogP contribution in [-0.2, 0) is 17.9 Å². The number of rotatable bonds is 9. The highest BCUT2D eigenvalue weighted by molar-refractivity contribution is 7.99. The highest BCUT2D eigenvalue weighted by Gasteiger charge is 2.18. The lowest BCUT2D eigenvalue weighted by atomic mass is 10.1. The van der Waals surface area contributed by atoms with Gasteiger partial charge in [-0.3, -0.25) is 9.36 Å². The third-order valence-corrected chi connectivity index (χ3v) is 6.25. The molecule has 9 heteroatoms. The summed E-state index contributed by atoms with van der Waals surface area (Å²) in [6, 6.07) is 17.1. The number of carbonyl (C=O) groups is 1. The quantitative estimate of drug-likeness (QED) is 0.339. The third kappa shape index (κ3) is 5.58. The van der Waals surface area contributed by atoms with Crippen molar-refractivity contribution in [2.75, 3.05) is 12.9 Å². The molecule has 170 valence electrons. The number of benzene rings is 2. The fourth-order valence-corrected chi connectivity index (χ4v) is 4.34. The van der Waals surface area contributed by atoms with Crippen LogP contribution in [-0.4, -0.2) is 33.5 Å². The molecule has 33 heavy (non-hydrogen) atoms. The zero-order valence-electron chi connectivity index (χ0n) is 18.2. The van der Waals surface area contributed by atoms with E-state index >= 15 is 0 Å². The summed E-state index contributed by atoms with van der Waals surface area (Å²) in [4.78, 5) is 12.6. The first-order valence-corrected chi connectivity index (χ1v) is 11.6. The van der Waals surface area contributed by atoms with Crippen molar-refractivity contribution in [1.29, 1.82) is 0 Å². The first-order chi connectivity index (χ1) is 16.0. The molecular weight excluding hydrogens is 460 g/mol.